The first-order chi connectivity index (χ1) is 11.3. The van der Waals surface area contributed by atoms with E-state index in [2.05, 4.69) is 5.16 Å². The van der Waals surface area contributed by atoms with E-state index in [1.54, 1.807) is 25.8 Å². The number of rotatable bonds is 7. The molecule has 5 nitrogen and oxygen atoms in total. The zero-order chi connectivity index (χ0) is 17.7. The highest BCUT2D eigenvalue weighted by molar-refractivity contribution is 5.94. The summed E-state index contributed by atoms with van der Waals surface area (Å²) in [7, 11) is 1.75. The average molecular weight is 330 g/mol. The quantitative estimate of drug-likeness (QED) is 0.846. The van der Waals surface area contributed by atoms with Crippen LogP contribution in [0.15, 0.2) is 34.9 Å². The highest BCUT2D eigenvalue weighted by atomic mass is 16.5. The fourth-order valence-electron chi connectivity index (χ4n) is 2.39. The predicted molar refractivity (Wildman–Crippen MR) is 92.7 cm³/mol. The number of nitrogens with zero attached hydrogens (tertiary/aromatic N) is 2. The van der Waals surface area contributed by atoms with Crippen molar-refractivity contribution in [2.24, 2.45) is 0 Å². The topological polar surface area (TPSA) is 66.6 Å². The summed E-state index contributed by atoms with van der Waals surface area (Å²) in [4.78, 5) is 14.1. The van der Waals surface area contributed by atoms with Gasteiger partial charge in [-0.1, -0.05) is 24.2 Å². The highest BCUT2D eigenvalue weighted by Gasteiger charge is 2.15. The molecule has 1 amide bonds. The van der Waals surface area contributed by atoms with Crippen LogP contribution in [0.2, 0.25) is 0 Å². The summed E-state index contributed by atoms with van der Waals surface area (Å²) in [6, 6.07) is 9.42. The van der Waals surface area contributed by atoms with Crippen LogP contribution in [0.4, 0.5) is 0 Å². The Morgan fingerprint density at radius 2 is 1.96 bits per heavy atom. The first-order valence-corrected chi connectivity index (χ1v) is 8.30. The van der Waals surface area contributed by atoms with Crippen molar-refractivity contribution in [2.75, 3.05) is 7.05 Å². The Labute approximate surface area is 143 Å². The standard InChI is InChI=1S/C19H26N2O3/c1-5-16-12-17(24-20-16)13-21(4)18(22)15-8-6-14(7-9-15)10-11-19(2,3)23/h6-9,12,23H,5,10-11,13H2,1-4H3. The minimum absolute atomic E-state index is 0.0570. The van der Waals surface area contributed by atoms with Crippen molar-refractivity contribution >= 4 is 5.91 Å². The van der Waals surface area contributed by atoms with E-state index >= 15 is 0 Å². The van der Waals surface area contributed by atoms with Crippen molar-refractivity contribution in [1.82, 2.24) is 10.1 Å². The molecule has 130 valence electrons. The van der Waals surface area contributed by atoms with Crippen molar-refractivity contribution in [3.63, 3.8) is 0 Å². The lowest BCUT2D eigenvalue weighted by Crippen LogP contribution is -2.26. The van der Waals surface area contributed by atoms with Crippen LogP contribution < -0.4 is 0 Å². The number of hydrogen-bond donors (Lipinski definition) is 1. The second kappa shape index (κ2) is 7.62. The van der Waals surface area contributed by atoms with Gasteiger partial charge >= 0.3 is 0 Å². The normalized spacial score (nSPS) is 11.5. The molecule has 0 saturated carbocycles. The number of carbonyl (C=O) groups is 1. The molecule has 0 saturated heterocycles. The first-order valence-electron chi connectivity index (χ1n) is 8.30. The number of benzene rings is 1. The van der Waals surface area contributed by atoms with Crippen LogP contribution in [0.25, 0.3) is 0 Å². The van der Waals surface area contributed by atoms with Gasteiger partial charge in [-0.2, -0.15) is 0 Å². The van der Waals surface area contributed by atoms with Crippen LogP contribution in [0.3, 0.4) is 0 Å². The van der Waals surface area contributed by atoms with Gasteiger partial charge in [-0.05, 0) is 50.8 Å². The van der Waals surface area contributed by atoms with Crippen LogP contribution in [-0.2, 0) is 19.4 Å². The average Bonchev–Trinajstić information content (AvgIpc) is 2.99. The maximum Gasteiger partial charge on any atom is 0.254 e. The molecule has 0 unspecified atom stereocenters. The van der Waals surface area contributed by atoms with E-state index in [0.29, 0.717) is 24.3 Å². The molecule has 1 N–H and O–H groups in total. The van der Waals surface area contributed by atoms with E-state index in [-0.39, 0.29) is 5.91 Å². The molecule has 2 rings (SSSR count). The molecule has 0 bridgehead atoms. The van der Waals surface area contributed by atoms with Crippen LogP contribution in [0.5, 0.6) is 0 Å². The number of hydrogen-bond acceptors (Lipinski definition) is 4. The minimum atomic E-state index is -0.677. The molecular formula is C19H26N2O3. The van der Waals surface area contributed by atoms with Crippen molar-refractivity contribution < 1.29 is 14.4 Å². The van der Waals surface area contributed by atoms with E-state index in [0.717, 1.165) is 24.1 Å². The summed E-state index contributed by atoms with van der Waals surface area (Å²) in [5.74, 6) is 0.628. The molecule has 5 heteroatoms. The number of carbonyl (C=O) groups excluding carboxylic acids is 1. The molecule has 1 aromatic carbocycles. The van der Waals surface area contributed by atoms with Gasteiger partial charge in [-0.3, -0.25) is 4.79 Å². The summed E-state index contributed by atoms with van der Waals surface area (Å²) in [6.07, 6.45) is 2.28. The molecule has 0 aliphatic rings. The van der Waals surface area contributed by atoms with Crippen molar-refractivity contribution in [1.29, 1.82) is 0 Å². The van der Waals surface area contributed by atoms with E-state index in [1.165, 1.54) is 0 Å². The van der Waals surface area contributed by atoms with Gasteiger partial charge in [0.1, 0.15) is 0 Å². The van der Waals surface area contributed by atoms with Gasteiger partial charge in [0.25, 0.3) is 5.91 Å². The highest BCUT2D eigenvalue weighted by Crippen LogP contribution is 2.15. The van der Waals surface area contributed by atoms with Crippen LogP contribution >= 0.6 is 0 Å². The van der Waals surface area contributed by atoms with Gasteiger partial charge in [0.15, 0.2) is 5.76 Å². The summed E-state index contributed by atoms with van der Waals surface area (Å²) >= 11 is 0. The summed E-state index contributed by atoms with van der Waals surface area (Å²) < 4.78 is 5.23. The summed E-state index contributed by atoms with van der Waals surface area (Å²) in [6.45, 7) is 6.00. The SMILES string of the molecule is CCc1cc(CN(C)C(=O)c2ccc(CCC(C)(C)O)cc2)on1. The lowest BCUT2D eigenvalue weighted by atomic mass is 9.98. The van der Waals surface area contributed by atoms with Gasteiger partial charge < -0.3 is 14.5 Å². The zero-order valence-corrected chi connectivity index (χ0v) is 14.9. The van der Waals surface area contributed by atoms with E-state index in [4.69, 9.17) is 4.52 Å². The zero-order valence-electron chi connectivity index (χ0n) is 14.9. The monoisotopic (exact) mass is 330 g/mol. The summed E-state index contributed by atoms with van der Waals surface area (Å²) in [5.41, 5.74) is 1.96. The molecular weight excluding hydrogens is 304 g/mol. The predicted octanol–water partition coefficient (Wildman–Crippen LogP) is 3.21. The maximum absolute atomic E-state index is 12.5. The summed E-state index contributed by atoms with van der Waals surface area (Å²) in [5, 5.41) is 13.7. The van der Waals surface area contributed by atoms with Crippen molar-refractivity contribution in [3.8, 4) is 0 Å². The Bertz CT molecular complexity index is 669. The molecule has 0 spiro atoms. The smallest absolute Gasteiger partial charge is 0.254 e. The second-order valence-corrected chi connectivity index (χ2v) is 6.81. The molecule has 2 aromatic rings. The van der Waals surface area contributed by atoms with Crippen LogP contribution in [0, 0.1) is 0 Å². The Morgan fingerprint density at radius 3 is 2.50 bits per heavy atom. The Morgan fingerprint density at radius 1 is 1.29 bits per heavy atom. The Balaban J connectivity index is 1.95. The molecule has 1 heterocycles. The van der Waals surface area contributed by atoms with E-state index < -0.39 is 5.60 Å². The number of aromatic nitrogens is 1. The third-order valence-electron chi connectivity index (χ3n) is 3.94. The van der Waals surface area contributed by atoms with Crippen molar-refractivity contribution in [3.05, 3.63) is 52.9 Å². The number of aryl methyl sites for hydroxylation is 2. The van der Waals surface area contributed by atoms with Gasteiger partial charge in [0.2, 0.25) is 0 Å². The van der Waals surface area contributed by atoms with Crippen molar-refractivity contribution in [2.45, 2.75) is 52.2 Å². The molecule has 0 aliphatic heterocycles. The maximum atomic E-state index is 12.5. The molecule has 1 aromatic heterocycles. The Hall–Kier alpha value is -2.14. The molecule has 0 atom stereocenters. The minimum Gasteiger partial charge on any atom is -0.390 e. The molecule has 0 aliphatic carbocycles. The molecule has 0 fully saturated rings. The second-order valence-electron chi connectivity index (χ2n) is 6.81. The molecule has 0 radical (unpaired) electrons. The first kappa shape index (κ1) is 18.2. The lowest BCUT2D eigenvalue weighted by Gasteiger charge is -2.17. The van der Waals surface area contributed by atoms with Gasteiger partial charge in [0, 0.05) is 18.7 Å². The van der Waals surface area contributed by atoms with E-state index in [9.17, 15) is 9.90 Å². The fourth-order valence-corrected chi connectivity index (χ4v) is 2.39. The fraction of sp³-hybridized carbons (Fsp3) is 0.474. The van der Waals surface area contributed by atoms with Gasteiger partial charge in [-0.25, -0.2) is 0 Å². The van der Waals surface area contributed by atoms with E-state index in [1.807, 2.05) is 37.3 Å². The van der Waals surface area contributed by atoms with Crippen LogP contribution in [-0.4, -0.2) is 33.7 Å². The third kappa shape index (κ3) is 5.20. The lowest BCUT2D eigenvalue weighted by molar-refractivity contribution is 0.0712. The van der Waals surface area contributed by atoms with Gasteiger partial charge in [0.05, 0.1) is 17.8 Å². The van der Waals surface area contributed by atoms with Crippen LogP contribution in [0.1, 0.15) is 54.6 Å². The number of aliphatic hydroxyl groups is 1. The number of amides is 1. The largest absolute Gasteiger partial charge is 0.390 e. The van der Waals surface area contributed by atoms with Gasteiger partial charge in [-0.15, -0.1) is 0 Å². The Kier molecular flexibility index (Phi) is 5.78. The molecule has 24 heavy (non-hydrogen) atoms. The third-order valence-corrected chi connectivity index (χ3v) is 3.94.